The lowest BCUT2D eigenvalue weighted by molar-refractivity contribution is -0.149. The van der Waals surface area contributed by atoms with Gasteiger partial charge in [-0.05, 0) is 43.4 Å². The number of carboxylic acid groups (broad SMARTS) is 1. The van der Waals surface area contributed by atoms with Crippen LogP contribution in [0.5, 0.6) is 0 Å². The molecular formula is C18H21ClN2O3. The van der Waals surface area contributed by atoms with Gasteiger partial charge >= 0.3 is 5.97 Å². The molecule has 24 heavy (non-hydrogen) atoms. The molecular weight excluding hydrogens is 328 g/mol. The van der Waals surface area contributed by atoms with Gasteiger partial charge in [0.25, 0.3) is 0 Å². The van der Waals surface area contributed by atoms with Crippen LogP contribution in [0.25, 0.3) is 0 Å². The Morgan fingerprint density at radius 1 is 1.33 bits per heavy atom. The van der Waals surface area contributed by atoms with Gasteiger partial charge in [-0.3, -0.25) is 14.5 Å². The Hall–Kier alpha value is -1.59. The van der Waals surface area contributed by atoms with Crippen LogP contribution >= 0.6 is 11.6 Å². The normalized spacial score (nSPS) is 33.2. The molecule has 1 aromatic carbocycles. The van der Waals surface area contributed by atoms with Crippen LogP contribution in [-0.4, -0.2) is 47.6 Å². The predicted molar refractivity (Wildman–Crippen MR) is 91.2 cm³/mol. The summed E-state index contributed by atoms with van der Waals surface area (Å²) in [5.74, 6) is -0.439. The van der Waals surface area contributed by atoms with Crippen molar-refractivity contribution in [3.63, 3.8) is 0 Å². The number of rotatable bonds is 3. The van der Waals surface area contributed by atoms with Gasteiger partial charge in [-0.25, -0.2) is 0 Å². The molecule has 128 valence electrons. The van der Waals surface area contributed by atoms with E-state index in [1.165, 1.54) is 0 Å². The van der Waals surface area contributed by atoms with Crippen molar-refractivity contribution in [1.29, 1.82) is 0 Å². The van der Waals surface area contributed by atoms with E-state index in [1.807, 2.05) is 12.1 Å². The standard InChI is InChI=1S/C18H21ClN2O3/c19-13-4-1-5-14(9-13)21-8-6-15(16(21)22)20-10-12-3-2-7-18(12,11-20)17(23)24/h1,4-5,9,12,15H,2-3,6-8,10-11H2,(H,23,24)/t12-,15?,18+/m0/s1. The van der Waals surface area contributed by atoms with E-state index in [9.17, 15) is 14.7 Å². The third-order valence-electron chi connectivity index (χ3n) is 6.06. The number of aliphatic carboxylic acids is 1. The van der Waals surface area contributed by atoms with Crippen molar-refractivity contribution in [2.24, 2.45) is 11.3 Å². The second-order valence-corrected chi connectivity index (χ2v) is 7.69. The van der Waals surface area contributed by atoms with Gasteiger partial charge in [-0.15, -0.1) is 0 Å². The number of hydrogen-bond acceptors (Lipinski definition) is 3. The minimum atomic E-state index is -0.690. The molecule has 3 aliphatic rings. The van der Waals surface area contributed by atoms with E-state index in [0.29, 0.717) is 18.1 Å². The molecule has 3 fully saturated rings. The molecule has 2 saturated heterocycles. The molecule has 1 N–H and O–H groups in total. The van der Waals surface area contributed by atoms with Crippen LogP contribution in [0, 0.1) is 11.3 Å². The number of anilines is 1. The zero-order valence-electron chi connectivity index (χ0n) is 13.4. The molecule has 1 unspecified atom stereocenters. The predicted octanol–water partition coefficient (Wildman–Crippen LogP) is 2.63. The van der Waals surface area contributed by atoms with E-state index in [0.717, 1.165) is 37.9 Å². The summed E-state index contributed by atoms with van der Waals surface area (Å²) in [7, 11) is 0. The van der Waals surface area contributed by atoms with E-state index in [4.69, 9.17) is 11.6 Å². The molecule has 6 heteroatoms. The van der Waals surface area contributed by atoms with E-state index in [1.54, 1.807) is 17.0 Å². The first kappa shape index (κ1) is 15.9. The molecule has 1 amide bonds. The number of hydrogen-bond donors (Lipinski definition) is 1. The summed E-state index contributed by atoms with van der Waals surface area (Å²) in [6.45, 7) is 1.89. The molecule has 1 aliphatic carbocycles. The first-order chi connectivity index (χ1) is 11.5. The molecule has 0 aromatic heterocycles. The van der Waals surface area contributed by atoms with Crippen LogP contribution in [0.3, 0.4) is 0 Å². The number of amides is 1. The highest BCUT2D eigenvalue weighted by Gasteiger charge is 2.57. The fourth-order valence-corrected chi connectivity index (χ4v) is 5.00. The maximum Gasteiger partial charge on any atom is 0.311 e. The summed E-state index contributed by atoms with van der Waals surface area (Å²) in [5.41, 5.74) is 0.186. The van der Waals surface area contributed by atoms with Gasteiger partial charge in [0.1, 0.15) is 0 Å². The Morgan fingerprint density at radius 2 is 2.17 bits per heavy atom. The largest absolute Gasteiger partial charge is 0.481 e. The summed E-state index contributed by atoms with van der Waals surface area (Å²) in [5, 5.41) is 10.3. The van der Waals surface area contributed by atoms with Crippen molar-refractivity contribution in [2.45, 2.75) is 31.7 Å². The van der Waals surface area contributed by atoms with Crippen LogP contribution in [0.4, 0.5) is 5.69 Å². The topological polar surface area (TPSA) is 60.9 Å². The quantitative estimate of drug-likeness (QED) is 0.912. The van der Waals surface area contributed by atoms with E-state index >= 15 is 0 Å². The lowest BCUT2D eigenvalue weighted by atomic mass is 9.81. The van der Waals surface area contributed by atoms with Gasteiger partial charge in [0.2, 0.25) is 5.91 Å². The summed E-state index contributed by atoms with van der Waals surface area (Å²) < 4.78 is 0. The third-order valence-corrected chi connectivity index (χ3v) is 6.30. The number of nitrogens with zero attached hydrogens (tertiary/aromatic N) is 2. The van der Waals surface area contributed by atoms with E-state index in [-0.39, 0.29) is 17.9 Å². The molecule has 0 bridgehead atoms. The SMILES string of the molecule is O=C1C(N2C[C@@H]3CCC[C@@]3(C(=O)O)C2)CCN1c1cccc(Cl)c1. The second-order valence-electron chi connectivity index (χ2n) is 7.25. The van der Waals surface area contributed by atoms with Gasteiger partial charge in [-0.1, -0.05) is 24.1 Å². The van der Waals surface area contributed by atoms with Crippen molar-refractivity contribution in [1.82, 2.24) is 4.90 Å². The Morgan fingerprint density at radius 3 is 2.88 bits per heavy atom. The van der Waals surface area contributed by atoms with Crippen molar-refractivity contribution < 1.29 is 14.7 Å². The van der Waals surface area contributed by atoms with Crippen molar-refractivity contribution in [3.05, 3.63) is 29.3 Å². The molecule has 5 nitrogen and oxygen atoms in total. The molecule has 1 saturated carbocycles. The Bertz CT molecular complexity index is 695. The smallest absolute Gasteiger partial charge is 0.311 e. The van der Waals surface area contributed by atoms with Crippen LogP contribution in [0.15, 0.2) is 24.3 Å². The third kappa shape index (κ3) is 2.33. The summed E-state index contributed by atoms with van der Waals surface area (Å²) in [6, 6.07) is 7.13. The average molecular weight is 349 g/mol. The molecule has 2 aliphatic heterocycles. The van der Waals surface area contributed by atoms with Gasteiger partial charge in [0.05, 0.1) is 11.5 Å². The average Bonchev–Trinajstić information content (AvgIpc) is 3.18. The first-order valence-electron chi connectivity index (χ1n) is 8.56. The number of carbonyl (C=O) groups excluding carboxylic acids is 1. The minimum Gasteiger partial charge on any atom is -0.481 e. The number of carbonyl (C=O) groups is 2. The zero-order chi connectivity index (χ0) is 16.9. The van der Waals surface area contributed by atoms with Crippen LogP contribution in [-0.2, 0) is 9.59 Å². The fraction of sp³-hybridized carbons (Fsp3) is 0.556. The molecule has 0 radical (unpaired) electrons. The highest BCUT2D eigenvalue weighted by Crippen LogP contribution is 2.50. The maximum atomic E-state index is 12.9. The summed E-state index contributed by atoms with van der Waals surface area (Å²) >= 11 is 6.04. The van der Waals surface area contributed by atoms with Gasteiger partial charge in [0.15, 0.2) is 0 Å². The van der Waals surface area contributed by atoms with Crippen LogP contribution in [0.1, 0.15) is 25.7 Å². The Labute approximate surface area is 146 Å². The number of halogens is 1. The molecule has 3 atom stereocenters. The zero-order valence-corrected chi connectivity index (χ0v) is 14.2. The second kappa shape index (κ2) is 5.74. The van der Waals surface area contributed by atoms with Crippen LogP contribution in [0.2, 0.25) is 5.02 Å². The molecule has 2 heterocycles. The van der Waals surface area contributed by atoms with E-state index in [2.05, 4.69) is 4.90 Å². The molecule has 1 aromatic rings. The van der Waals surface area contributed by atoms with Crippen LogP contribution < -0.4 is 4.90 Å². The fourth-order valence-electron chi connectivity index (χ4n) is 4.82. The van der Waals surface area contributed by atoms with Crippen molar-refractivity contribution in [3.8, 4) is 0 Å². The van der Waals surface area contributed by atoms with Gasteiger partial charge in [-0.2, -0.15) is 0 Å². The molecule has 4 rings (SSSR count). The summed E-state index contributed by atoms with van der Waals surface area (Å²) in [4.78, 5) is 28.6. The van der Waals surface area contributed by atoms with Crippen molar-refractivity contribution >= 4 is 29.2 Å². The van der Waals surface area contributed by atoms with Gasteiger partial charge in [0, 0.05) is 30.3 Å². The minimum absolute atomic E-state index is 0.0674. The lowest BCUT2D eigenvalue weighted by Gasteiger charge is -2.26. The van der Waals surface area contributed by atoms with Crippen molar-refractivity contribution in [2.75, 3.05) is 24.5 Å². The Balaban J connectivity index is 1.53. The number of fused-ring (bicyclic) bond motifs is 1. The van der Waals surface area contributed by atoms with Gasteiger partial charge < -0.3 is 10.0 Å². The molecule has 0 spiro atoms. The first-order valence-corrected chi connectivity index (χ1v) is 8.93. The summed E-state index contributed by atoms with van der Waals surface area (Å²) in [6.07, 6.45) is 3.43. The highest BCUT2D eigenvalue weighted by atomic mass is 35.5. The Kier molecular flexibility index (Phi) is 3.81. The number of likely N-dealkylation sites (tertiary alicyclic amines) is 1. The monoisotopic (exact) mass is 348 g/mol. The lowest BCUT2D eigenvalue weighted by Crippen LogP contribution is -2.43. The number of benzene rings is 1. The van der Waals surface area contributed by atoms with E-state index < -0.39 is 11.4 Å². The highest BCUT2D eigenvalue weighted by molar-refractivity contribution is 6.31. The number of carboxylic acids is 1. The maximum absolute atomic E-state index is 12.9.